The van der Waals surface area contributed by atoms with Crippen LogP contribution in [0.25, 0.3) is 22.3 Å². The van der Waals surface area contributed by atoms with Gasteiger partial charge in [-0.15, -0.1) is 0 Å². The molecule has 3 aromatic heterocycles. The molecule has 1 aliphatic heterocycles. The second-order valence-electron chi connectivity index (χ2n) is 10.4. The number of hydrogen-bond acceptors (Lipinski definition) is 7. The van der Waals surface area contributed by atoms with Crippen LogP contribution in [-0.4, -0.2) is 66.5 Å². The molecule has 0 saturated carbocycles. The number of likely N-dealkylation sites (tertiary alicyclic amines) is 1. The molecule has 0 unspecified atom stereocenters. The minimum Gasteiger partial charge on any atom is -0.326 e. The topological polar surface area (TPSA) is 75.0 Å². The summed E-state index contributed by atoms with van der Waals surface area (Å²) >= 11 is 0. The predicted molar refractivity (Wildman–Crippen MR) is 150 cm³/mol. The van der Waals surface area contributed by atoms with Crippen LogP contribution in [-0.2, 0) is 6.54 Å². The summed E-state index contributed by atoms with van der Waals surface area (Å²) < 4.78 is 31.7. The van der Waals surface area contributed by atoms with Crippen LogP contribution in [0.2, 0.25) is 0 Å². The molecule has 1 N–H and O–H groups in total. The van der Waals surface area contributed by atoms with Crippen molar-refractivity contribution in [1.29, 1.82) is 0 Å². The molecule has 0 spiro atoms. The minimum absolute atomic E-state index is 0.0101. The highest BCUT2D eigenvalue weighted by molar-refractivity contribution is 5.83. The Balaban J connectivity index is 1.32. The van der Waals surface area contributed by atoms with E-state index in [0.717, 1.165) is 44.5 Å². The molecule has 0 bridgehead atoms. The number of fused-ring (bicyclic) bond motifs is 1. The lowest BCUT2D eigenvalue weighted by atomic mass is 10.1. The number of hydrogen-bond donors (Lipinski definition) is 1. The van der Waals surface area contributed by atoms with Gasteiger partial charge < -0.3 is 9.88 Å². The molecule has 4 heterocycles. The van der Waals surface area contributed by atoms with Crippen molar-refractivity contribution in [2.75, 3.05) is 31.5 Å². The molecule has 0 amide bonds. The van der Waals surface area contributed by atoms with Crippen LogP contribution in [0, 0.1) is 18.6 Å². The predicted octanol–water partition coefficient (Wildman–Crippen LogP) is 5.72. The lowest BCUT2D eigenvalue weighted by molar-refractivity contribution is 0.209. The molecule has 10 heteroatoms. The van der Waals surface area contributed by atoms with Gasteiger partial charge in [0.1, 0.15) is 22.9 Å². The molecule has 0 radical (unpaired) electrons. The molecule has 8 nitrogen and oxygen atoms in total. The Morgan fingerprint density at radius 3 is 2.54 bits per heavy atom. The zero-order valence-corrected chi connectivity index (χ0v) is 23.2. The number of anilines is 2. The van der Waals surface area contributed by atoms with Crippen LogP contribution < -0.4 is 5.32 Å². The maximum Gasteiger partial charge on any atom is 0.229 e. The normalized spacial score (nSPS) is 16.2. The first-order valence-corrected chi connectivity index (χ1v) is 13.7. The number of benzene rings is 1. The smallest absolute Gasteiger partial charge is 0.229 e. The fourth-order valence-electron chi connectivity index (χ4n) is 5.65. The summed E-state index contributed by atoms with van der Waals surface area (Å²) in [6.07, 6.45) is 4.12. The van der Waals surface area contributed by atoms with Crippen molar-refractivity contribution in [3.05, 3.63) is 59.7 Å². The van der Waals surface area contributed by atoms with Crippen molar-refractivity contribution in [3.8, 4) is 11.3 Å². The Morgan fingerprint density at radius 1 is 1.05 bits per heavy atom. The first-order valence-electron chi connectivity index (χ1n) is 13.7. The summed E-state index contributed by atoms with van der Waals surface area (Å²) in [6, 6.07) is 7.58. The molecule has 1 saturated heterocycles. The number of likely N-dealkylation sites (N-methyl/N-ethyl adjacent to an activating group) is 1. The fourth-order valence-corrected chi connectivity index (χ4v) is 5.65. The van der Waals surface area contributed by atoms with Gasteiger partial charge in [0, 0.05) is 43.5 Å². The molecular weight excluding hydrogens is 498 g/mol. The number of aryl methyl sites for hydroxylation is 1. The van der Waals surface area contributed by atoms with Crippen molar-refractivity contribution in [3.63, 3.8) is 0 Å². The summed E-state index contributed by atoms with van der Waals surface area (Å²) in [5, 5.41) is 3.05. The van der Waals surface area contributed by atoms with E-state index in [2.05, 4.69) is 48.9 Å². The highest BCUT2D eigenvalue weighted by Crippen LogP contribution is 2.30. The number of pyridine rings is 1. The van der Waals surface area contributed by atoms with E-state index in [1.54, 1.807) is 6.07 Å². The molecule has 5 rings (SSSR count). The van der Waals surface area contributed by atoms with E-state index in [9.17, 15) is 8.78 Å². The van der Waals surface area contributed by atoms with Crippen LogP contribution in [0.5, 0.6) is 0 Å². The van der Waals surface area contributed by atoms with Crippen molar-refractivity contribution < 1.29 is 8.78 Å². The van der Waals surface area contributed by atoms with Gasteiger partial charge in [-0.2, -0.15) is 0 Å². The highest BCUT2D eigenvalue weighted by atomic mass is 19.1. The summed E-state index contributed by atoms with van der Waals surface area (Å²) in [5.41, 5.74) is 2.32. The second kappa shape index (κ2) is 11.3. The molecule has 1 aromatic carbocycles. The maximum atomic E-state index is 15.0. The van der Waals surface area contributed by atoms with Crippen molar-refractivity contribution >= 4 is 22.8 Å². The monoisotopic (exact) mass is 534 g/mol. The van der Waals surface area contributed by atoms with Gasteiger partial charge in [0.15, 0.2) is 11.6 Å². The fraction of sp³-hybridized carbons (Fsp3) is 0.448. The third-order valence-electron chi connectivity index (χ3n) is 7.51. The van der Waals surface area contributed by atoms with E-state index in [4.69, 9.17) is 0 Å². The largest absolute Gasteiger partial charge is 0.326 e. The summed E-state index contributed by atoms with van der Waals surface area (Å²) in [4.78, 5) is 22.3. The number of rotatable bonds is 9. The molecule has 1 fully saturated rings. The van der Waals surface area contributed by atoms with Gasteiger partial charge in [-0.05, 0) is 64.0 Å². The van der Waals surface area contributed by atoms with Crippen molar-refractivity contribution in [2.24, 2.45) is 0 Å². The second-order valence-corrected chi connectivity index (χ2v) is 10.4. The van der Waals surface area contributed by atoms with Gasteiger partial charge in [0.2, 0.25) is 5.95 Å². The maximum absolute atomic E-state index is 15.0. The van der Waals surface area contributed by atoms with E-state index in [1.807, 2.05) is 43.7 Å². The van der Waals surface area contributed by atoms with E-state index in [1.165, 1.54) is 12.5 Å². The van der Waals surface area contributed by atoms with Crippen molar-refractivity contribution in [2.45, 2.75) is 59.7 Å². The van der Waals surface area contributed by atoms with Gasteiger partial charge in [-0.1, -0.05) is 19.9 Å². The summed E-state index contributed by atoms with van der Waals surface area (Å²) in [6.45, 7) is 15.4. The average Bonchev–Trinajstić information content (AvgIpc) is 3.51. The Hall–Kier alpha value is -3.50. The number of halogens is 2. The highest BCUT2D eigenvalue weighted by Gasteiger charge is 2.26. The Kier molecular flexibility index (Phi) is 7.86. The van der Waals surface area contributed by atoms with Crippen LogP contribution >= 0.6 is 0 Å². The molecule has 1 aliphatic rings. The SMILES string of the molecule is CCN(CC)[C@H]1CCN(Cc2ccc(Nc3ncc(F)c(-c4cc(F)c5nc(C)n(C(C)C)c5c4)n3)nc2)C1. The molecule has 1 atom stereocenters. The first kappa shape index (κ1) is 27.1. The standard InChI is InChI=1S/C29H36F2N8/c1-6-38(7-2)22-10-11-37(17-22)16-20-8-9-26(32-14-20)35-29-33-15-24(31)27(36-29)21-12-23(30)28-25(13-21)39(18(3)4)19(5)34-28/h8-9,12-15,18,22H,6-7,10-11,16-17H2,1-5H3,(H,32,33,35,36)/t22-/m0/s1. The lowest BCUT2D eigenvalue weighted by Gasteiger charge is -2.26. The van der Waals surface area contributed by atoms with E-state index < -0.39 is 11.6 Å². The Labute approximate surface area is 228 Å². The van der Waals surface area contributed by atoms with E-state index in [-0.39, 0.29) is 23.2 Å². The van der Waals surface area contributed by atoms with Crippen LogP contribution in [0.3, 0.4) is 0 Å². The van der Waals surface area contributed by atoms with Gasteiger partial charge in [-0.3, -0.25) is 9.80 Å². The molecule has 206 valence electrons. The van der Waals surface area contributed by atoms with Crippen LogP contribution in [0.15, 0.2) is 36.7 Å². The molecule has 39 heavy (non-hydrogen) atoms. The average molecular weight is 535 g/mol. The third-order valence-corrected chi connectivity index (χ3v) is 7.51. The van der Waals surface area contributed by atoms with Gasteiger partial charge >= 0.3 is 0 Å². The van der Waals surface area contributed by atoms with Crippen LogP contribution in [0.1, 0.15) is 51.5 Å². The molecular formula is C29H36F2N8. The van der Waals surface area contributed by atoms with Gasteiger partial charge in [0.25, 0.3) is 0 Å². The van der Waals surface area contributed by atoms with Gasteiger partial charge in [-0.25, -0.2) is 28.7 Å². The van der Waals surface area contributed by atoms with Crippen molar-refractivity contribution in [1.82, 2.24) is 34.3 Å². The molecule has 0 aliphatic carbocycles. The first-order chi connectivity index (χ1) is 18.8. The Morgan fingerprint density at radius 2 is 1.85 bits per heavy atom. The third kappa shape index (κ3) is 5.62. The number of nitrogens with one attached hydrogen (secondary N) is 1. The number of imidazole rings is 1. The number of aromatic nitrogens is 5. The molecule has 4 aromatic rings. The van der Waals surface area contributed by atoms with Crippen LogP contribution in [0.4, 0.5) is 20.5 Å². The lowest BCUT2D eigenvalue weighted by Crippen LogP contribution is -2.37. The minimum atomic E-state index is -0.636. The summed E-state index contributed by atoms with van der Waals surface area (Å²) in [5.74, 6) is 0.278. The Bertz CT molecular complexity index is 1450. The summed E-state index contributed by atoms with van der Waals surface area (Å²) in [7, 11) is 0. The van der Waals surface area contributed by atoms with Gasteiger partial charge in [0.05, 0.1) is 11.7 Å². The quantitative estimate of drug-likeness (QED) is 0.295. The zero-order chi connectivity index (χ0) is 27.7. The van der Waals surface area contributed by atoms with E-state index in [0.29, 0.717) is 28.8 Å². The van der Waals surface area contributed by atoms with E-state index >= 15 is 0 Å². The zero-order valence-electron chi connectivity index (χ0n) is 23.2. The number of nitrogens with zero attached hydrogens (tertiary/aromatic N) is 7.